The first kappa shape index (κ1) is 20.6. The zero-order valence-corrected chi connectivity index (χ0v) is 14.0. The number of hydrogen-bond acceptors (Lipinski definition) is 5. The molecule has 0 aliphatic carbocycles. The van der Waals surface area contributed by atoms with Crippen molar-refractivity contribution in [3.05, 3.63) is 4.13 Å². The number of ether oxygens (including phenoxy) is 1. The van der Waals surface area contributed by atoms with E-state index < -0.39 is 20.8 Å². The van der Waals surface area contributed by atoms with Crippen molar-refractivity contribution in [1.82, 2.24) is 0 Å². The van der Waals surface area contributed by atoms with Crippen LogP contribution in [0.15, 0.2) is 0 Å². The van der Waals surface area contributed by atoms with Gasteiger partial charge in [-0.3, -0.25) is 0 Å². The minimum Gasteiger partial charge on any atom is -0.379 e. The van der Waals surface area contributed by atoms with Gasteiger partial charge in [-0.1, -0.05) is 6.92 Å². The van der Waals surface area contributed by atoms with Gasteiger partial charge in [0.2, 0.25) is 20.8 Å². The Labute approximate surface area is 125 Å². The zero-order chi connectivity index (χ0) is 16.7. The summed E-state index contributed by atoms with van der Waals surface area (Å²) in [5.74, 6) is 0. The van der Waals surface area contributed by atoms with Gasteiger partial charge in [0.1, 0.15) is 12.6 Å². The molecule has 1 rings (SSSR count). The summed E-state index contributed by atoms with van der Waals surface area (Å²) in [6, 6.07) is 0. The molecular weight excluding hydrogens is 330 g/mol. The molecule has 21 heavy (non-hydrogen) atoms. The number of halogens is 2. The normalized spacial score (nSPS) is 26.8. The van der Waals surface area contributed by atoms with Gasteiger partial charge in [-0.2, -0.15) is 0 Å². The SMILES string of the molecule is CCC[N+]1(C)CCCC(OC)C1.O=S(=O)(F)[N-]S(=O)(=O)F. The smallest absolute Gasteiger partial charge is 0.241 e. The van der Waals surface area contributed by atoms with Gasteiger partial charge in [-0.25, -0.2) is 16.8 Å². The van der Waals surface area contributed by atoms with Crippen LogP contribution in [0, 0.1) is 0 Å². The van der Waals surface area contributed by atoms with Gasteiger partial charge < -0.3 is 13.3 Å². The number of nitrogens with zero attached hydrogens (tertiary/aromatic N) is 2. The van der Waals surface area contributed by atoms with Crippen LogP contribution in [0.2, 0.25) is 0 Å². The summed E-state index contributed by atoms with van der Waals surface area (Å²) in [5, 5.41) is 0. The second-order valence-electron chi connectivity index (χ2n) is 5.15. The first-order valence-corrected chi connectivity index (χ1v) is 9.08. The molecule has 2 atom stereocenters. The van der Waals surface area contributed by atoms with Crippen LogP contribution < -0.4 is 0 Å². The number of likely N-dealkylation sites (N-methyl/N-ethyl adjacent to an activating group) is 1. The number of quaternary nitrogens is 1. The van der Waals surface area contributed by atoms with Crippen LogP contribution in [-0.4, -0.2) is 61.2 Å². The fourth-order valence-corrected chi connectivity index (χ4v) is 3.27. The van der Waals surface area contributed by atoms with E-state index >= 15 is 0 Å². The average molecular weight is 352 g/mol. The first-order valence-electron chi connectivity index (χ1n) is 6.40. The van der Waals surface area contributed by atoms with E-state index in [0.717, 1.165) is 4.13 Å². The van der Waals surface area contributed by atoms with E-state index in [9.17, 15) is 24.6 Å². The van der Waals surface area contributed by atoms with E-state index in [0.29, 0.717) is 6.10 Å². The molecule has 0 saturated carbocycles. The highest BCUT2D eigenvalue weighted by atomic mass is 32.3. The van der Waals surface area contributed by atoms with Gasteiger partial charge >= 0.3 is 0 Å². The summed E-state index contributed by atoms with van der Waals surface area (Å²) in [7, 11) is -7.04. The minimum atomic E-state index is -5.62. The second kappa shape index (κ2) is 8.32. The van der Waals surface area contributed by atoms with E-state index in [4.69, 9.17) is 4.74 Å². The molecule has 0 aromatic heterocycles. The third-order valence-corrected chi connectivity index (χ3v) is 4.57. The Hall–Kier alpha value is -0.360. The molecule has 128 valence electrons. The molecule has 1 aliphatic heterocycles. The monoisotopic (exact) mass is 352 g/mol. The molecule has 0 radical (unpaired) electrons. The summed E-state index contributed by atoms with van der Waals surface area (Å²) < 4.78 is 66.7. The molecule has 2 unspecified atom stereocenters. The lowest BCUT2D eigenvalue weighted by molar-refractivity contribution is -0.917. The zero-order valence-electron chi connectivity index (χ0n) is 12.3. The molecule has 1 fully saturated rings. The van der Waals surface area contributed by atoms with Crippen molar-refractivity contribution in [2.24, 2.45) is 0 Å². The summed E-state index contributed by atoms with van der Waals surface area (Å²) in [5.41, 5.74) is 0. The van der Waals surface area contributed by atoms with E-state index in [2.05, 4.69) is 14.0 Å². The van der Waals surface area contributed by atoms with E-state index in [1.54, 1.807) is 0 Å². The van der Waals surface area contributed by atoms with Gasteiger partial charge in [-0.15, -0.1) is 7.77 Å². The maximum atomic E-state index is 11.1. The van der Waals surface area contributed by atoms with Crippen LogP contribution in [0.4, 0.5) is 7.77 Å². The summed E-state index contributed by atoms with van der Waals surface area (Å²) in [6.45, 7) is 6.12. The molecule has 1 saturated heterocycles. The average Bonchev–Trinajstić information content (AvgIpc) is 2.24. The fourth-order valence-electron chi connectivity index (χ4n) is 2.42. The molecule has 0 aromatic rings. The number of rotatable bonds is 5. The topological polar surface area (TPSA) is 91.6 Å². The van der Waals surface area contributed by atoms with Crippen LogP contribution in [0.1, 0.15) is 26.2 Å². The fraction of sp³-hybridized carbons (Fsp3) is 1.00. The van der Waals surface area contributed by atoms with Crippen molar-refractivity contribution in [3.8, 4) is 0 Å². The van der Waals surface area contributed by atoms with Gasteiger partial charge in [0.15, 0.2) is 0 Å². The largest absolute Gasteiger partial charge is 0.379 e. The van der Waals surface area contributed by atoms with Crippen LogP contribution in [-0.2, 0) is 25.6 Å². The predicted molar refractivity (Wildman–Crippen MR) is 74.5 cm³/mol. The predicted octanol–water partition coefficient (Wildman–Crippen LogP) is 1.44. The van der Waals surface area contributed by atoms with Gasteiger partial charge in [-0.05, 0) is 19.3 Å². The highest BCUT2D eigenvalue weighted by molar-refractivity contribution is 8.07. The number of methoxy groups -OCH3 is 1. The Morgan fingerprint density at radius 2 is 1.76 bits per heavy atom. The lowest BCUT2D eigenvalue weighted by Crippen LogP contribution is -2.53. The van der Waals surface area contributed by atoms with E-state index in [1.807, 2.05) is 7.11 Å². The Morgan fingerprint density at radius 1 is 1.24 bits per heavy atom. The van der Waals surface area contributed by atoms with Crippen LogP contribution in [0.5, 0.6) is 0 Å². The van der Waals surface area contributed by atoms with Crippen LogP contribution in [0.3, 0.4) is 0 Å². The van der Waals surface area contributed by atoms with Crippen molar-refractivity contribution in [1.29, 1.82) is 0 Å². The number of likely N-dealkylation sites (tertiary alicyclic amines) is 1. The van der Waals surface area contributed by atoms with Crippen molar-refractivity contribution in [3.63, 3.8) is 0 Å². The lowest BCUT2D eigenvalue weighted by atomic mass is 10.1. The molecule has 0 amide bonds. The molecule has 1 heterocycles. The second-order valence-corrected chi connectivity index (χ2v) is 7.39. The Balaban J connectivity index is 0.000000400. The first-order chi connectivity index (χ1) is 9.41. The van der Waals surface area contributed by atoms with Gasteiger partial charge in [0.05, 0.1) is 20.1 Å². The molecule has 1 aliphatic rings. The number of hydrogen-bond donors (Lipinski definition) is 0. The maximum Gasteiger partial charge on any atom is 0.241 e. The number of piperidine rings is 1. The highest BCUT2D eigenvalue weighted by Gasteiger charge is 2.29. The van der Waals surface area contributed by atoms with Crippen molar-refractivity contribution < 1.29 is 33.8 Å². The molecule has 7 nitrogen and oxygen atoms in total. The standard InChI is InChI=1S/C10H22NO.F2NO4S2/c1-4-7-11(2)8-5-6-10(9-11)12-3;1-8(4,5)3-9(2,6)7/h10H,4-9H2,1-3H3;/q+1;-1. The van der Waals surface area contributed by atoms with E-state index in [-0.39, 0.29) is 0 Å². The summed E-state index contributed by atoms with van der Waals surface area (Å²) in [4.78, 5) is 0. The third-order valence-electron chi connectivity index (χ3n) is 3.14. The Bertz CT molecular complexity index is 478. The summed E-state index contributed by atoms with van der Waals surface area (Å²) in [6.07, 6.45) is 4.38. The van der Waals surface area contributed by atoms with Crippen LogP contribution >= 0.6 is 0 Å². The van der Waals surface area contributed by atoms with E-state index in [1.165, 1.54) is 43.4 Å². The third kappa shape index (κ3) is 10.9. The molecule has 11 heteroatoms. The van der Waals surface area contributed by atoms with Crippen molar-refractivity contribution >= 4 is 20.8 Å². The Kier molecular flexibility index (Phi) is 8.18. The maximum absolute atomic E-state index is 11.1. The van der Waals surface area contributed by atoms with Gasteiger partial charge in [0, 0.05) is 7.11 Å². The summed E-state index contributed by atoms with van der Waals surface area (Å²) >= 11 is 0. The van der Waals surface area contributed by atoms with Crippen molar-refractivity contribution in [2.45, 2.75) is 32.3 Å². The van der Waals surface area contributed by atoms with Crippen LogP contribution in [0.25, 0.3) is 4.13 Å². The molecule has 0 aromatic carbocycles. The lowest BCUT2D eigenvalue weighted by Gasteiger charge is -2.40. The molecule has 0 bridgehead atoms. The van der Waals surface area contributed by atoms with Crippen molar-refractivity contribution in [2.75, 3.05) is 33.8 Å². The quantitative estimate of drug-likeness (QED) is 0.551. The highest BCUT2D eigenvalue weighted by Crippen LogP contribution is 2.18. The molecular formula is C10H22F2N2O5S2. The van der Waals surface area contributed by atoms with Gasteiger partial charge in [0.25, 0.3) is 0 Å². The Morgan fingerprint density at radius 3 is 2.10 bits per heavy atom. The molecule has 0 N–H and O–H groups in total. The molecule has 0 spiro atoms. The minimum absolute atomic E-state index is 0.510.